The van der Waals surface area contributed by atoms with E-state index in [-0.39, 0.29) is 10.9 Å². The number of nitrogens with one attached hydrogen (secondary N) is 1. The Bertz CT molecular complexity index is 819. The Hall–Kier alpha value is -1.41. The predicted molar refractivity (Wildman–Crippen MR) is 88.9 cm³/mol. The van der Waals surface area contributed by atoms with Crippen molar-refractivity contribution < 1.29 is 8.42 Å². The maximum Gasteiger partial charge on any atom is 0.244 e. The highest BCUT2D eigenvalue weighted by molar-refractivity contribution is 7.89. The fraction of sp³-hybridized carbons (Fsp3) is 0.400. The minimum Gasteiger partial charge on any atom is -0.337 e. The van der Waals surface area contributed by atoms with Crippen LogP contribution in [0.5, 0.6) is 0 Å². The van der Waals surface area contributed by atoms with Crippen LogP contribution in [0.3, 0.4) is 0 Å². The quantitative estimate of drug-likeness (QED) is 0.911. The number of sulfonamides is 1. The fourth-order valence-electron chi connectivity index (χ4n) is 2.89. The van der Waals surface area contributed by atoms with Gasteiger partial charge in [0.15, 0.2) is 0 Å². The highest BCUT2D eigenvalue weighted by Crippen LogP contribution is 2.31. The first kappa shape index (κ1) is 16.4. The molecule has 2 heterocycles. The summed E-state index contributed by atoms with van der Waals surface area (Å²) in [5.41, 5.74) is 0.575. The van der Waals surface area contributed by atoms with E-state index in [4.69, 9.17) is 11.6 Å². The second-order valence-corrected chi connectivity index (χ2v) is 7.86. The third kappa shape index (κ3) is 2.89. The lowest BCUT2D eigenvalue weighted by Gasteiger charge is -2.35. The smallest absolute Gasteiger partial charge is 0.244 e. The summed E-state index contributed by atoms with van der Waals surface area (Å²) >= 11 is 6.11. The molecule has 1 aromatic heterocycles. The summed E-state index contributed by atoms with van der Waals surface area (Å²) in [5, 5.41) is 3.70. The molecule has 1 aromatic carbocycles. The Labute approximate surface area is 141 Å². The summed E-state index contributed by atoms with van der Waals surface area (Å²) < 4.78 is 29.7. The third-order valence-corrected chi connectivity index (χ3v) is 6.62. The number of imidazole rings is 1. The highest BCUT2D eigenvalue weighted by Gasteiger charge is 2.37. The summed E-state index contributed by atoms with van der Waals surface area (Å²) in [7, 11) is -1.78. The van der Waals surface area contributed by atoms with E-state index in [2.05, 4.69) is 10.3 Å². The van der Waals surface area contributed by atoms with Crippen molar-refractivity contribution in [2.24, 2.45) is 7.05 Å². The van der Waals surface area contributed by atoms with Gasteiger partial charge in [0.2, 0.25) is 10.0 Å². The first-order valence-corrected chi connectivity index (χ1v) is 9.19. The van der Waals surface area contributed by atoms with Gasteiger partial charge in [0.1, 0.15) is 5.82 Å². The maximum absolute atomic E-state index is 13.2. The molecule has 0 saturated carbocycles. The second kappa shape index (κ2) is 6.24. The van der Waals surface area contributed by atoms with Gasteiger partial charge in [-0.1, -0.05) is 17.7 Å². The Kier molecular flexibility index (Phi) is 4.46. The monoisotopic (exact) mass is 354 g/mol. The van der Waals surface area contributed by atoms with Crippen molar-refractivity contribution in [3.63, 3.8) is 0 Å². The van der Waals surface area contributed by atoms with Gasteiger partial charge in [-0.05, 0) is 24.6 Å². The highest BCUT2D eigenvalue weighted by atomic mass is 35.5. The Morgan fingerprint density at radius 2 is 2.17 bits per heavy atom. The molecule has 0 radical (unpaired) electrons. The van der Waals surface area contributed by atoms with Gasteiger partial charge in [-0.15, -0.1) is 0 Å². The van der Waals surface area contributed by atoms with Crippen LogP contribution in [-0.2, 0) is 17.1 Å². The molecule has 8 heteroatoms. The Morgan fingerprint density at radius 3 is 2.87 bits per heavy atom. The maximum atomic E-state index is 13.2. The summed E-state index contributed by atoms with van der Waals surface area (Å²) in [6.07, 6.45) is 3.50. The van der Waals surface area contributed by atoms with Gasteiger partial charge < -0.3 is 9.88 Å². The van der Waals surface area contributed by atoms with Gasteiger partial charge in [-0.3, -0.25) is 0 Å². The minimum atomic E-state index is -3.65. The predicted octanol–water partition coefficient (Wildman–Crippen LogP) is 1.72. The lowest BCUT2D eigenvalue weighted by atomic mass is 10.2. The molecular weight excluding hydrogens is 336 g/mol. The largest absolute Gasteiger partial charge is 0.337 e. The zero-order valence-electron chi connectivity index (χ0n) is 13.0. The summed E-state index contributed by atoms with van der Waals surface area (Å²) in [5.74, 6) is 0.723. The number of aryl methyl sites for hydroxylation is 1. The molecular formula is C15H19ClN4O2S. The van der Waals surface area contributed by atoms with Crippen molar-refractivity contribution in [1.29, 1.82) is 0 Å². The molecule has 1 unspecified atom stereocenters. The third-order valence-electron chi connectivity index (χ3n) is 4.16. The first-order chi connectivity index (χ1) is 10.9. The van der Waals surface area contributed by atoms with Gasteiger partial charge in [0.05, 0.1) is 10.9 Å². The molecule has 6 nitrogen and oxygen atoms in total. The van der Waals surface area contributed by atoms with Crippen LogP contribution in [0.1, 0.15) is 17.4 Å². The van der Waals surface area contributed by atoms with E-state index < -0.39 is 10.0 Å². The molecule has 2 aromatic rings. The fourth-order valence-corrected chi connectivity index (χ4v) is 4.95. The van der Waals surface area contributed by atoms with Crippen LogP contribution in [0.25, 0.3) is 0 Å². The Morgan fingerprint density at radius 1 is 1.39 bits per heavy atom. The molecule has 1 aliphatic rings. The van der Waals surface area contributed by atoms with Crippen LogP contribution in [0, 0.1) is 6.92 Å². The van der Waals surface area contributed by atoms with Crippen molar-refractivity contribution in [3.05, 3.63) is 47.0 Å². The standard InChI is InChI=1S/C15H19ClN4O2S/c1-11-12(16)4-3-5-14(11)23(21,22)20-9-6-17-10-13(20)15-18-7-8-19(15)2/h3-5,7-8,13,17H,6,9-10H2,1-2H3. The van der Waals surface area contributed by atoms with Crippen molar-refractivity contribution in [3.8, 4) is 0 Å². The number of hydrogen-bond acceptors (Lipinski definition) is 4. The van der Waals surface area contributed by atoms with E-state index in [9.17, 15) is 8.42 Å². The van der Waals surface area contributed by atoms with Crippen LogP contribution in [0.15, 0.2) is 35.5 Å². The number of benzene rings is 1. The molecule has 1 fully saturated rings. The molecule has 1 N–H and O–H groups in total. The molecule has 0 amide bonds. The lowest BCUT2D eigenvalue weighted by Crippen LogP contribution is -2.49. The normalized spacial score (nSPS) is 19.9. The van der Waals surface area contributed by atoms with Gasteiger partial charge in [-0.2, -0.15) is 4.31 Å². The van der Waals surface area contributed by atoms with Crippen LogP contribution in [0.4, 0.5) is 0 Å². The SMILES string of the molecule is Cc1c(Cl)cccc1S(=O)(=O)N1CCNCC1c1nccn1C. The average molecular weight is 355 g/mol. The molecule has 124 valence electrons. The number of rotatable bonds is 3. The van der Waals surface area contributed by atoms with Crippen LogP contribution < -0.4 is 5.32 Å². The van der Waals surface area contributed by atoms with E-state index in [1.807, 2.05) is 17.8 Å². The van der Waals surface area contributed by atoms with Crippen LogP contribution >= 0.6 is 11.6 Å². The van der Waals surface area contributed by atoms with Crippen LogP contribution in [-0.4, -0.2) is 41.9 Å². The van der Waals surface area contributed by atoms with Gasteiger partial charge in [0.25, 0.3) is 0 Å². The Balaban J connectivity index is 2.06. The minimum absolute atomic E-state index is 0.256. The first-order valence-electron chi connectivity index (χ1n) is 7.38. The summed E-state index contributed by atoms with van der Waals surface area (Å²) in [6, 6.07) is 4.63. The van der Waals surface area contributed by atoms with Crippen LogP contribution in [0.2, 0.25) is 5.02 Å². The molecule has 23 heavy (non-hydrogen) atoms. The zero-order chi connectivity index (χ0) is 16.6. The van der Waals surface area contributed by atoms with E-state index in [0.717, 1.165) is 5.82 Å². The number of aromatic nitrogens is 2. The van der Waals surface area contributed by atoms with E-state index >= 15 is 0 Å². The van der Waals surface area contributed by atoms with Gasteiger partial charge in [-0.25, -0.2) is 13.4 Å². The molecule has 1 saturated heterocycles. The lowest BCUT2D eigenvalue weighted by molar-refractivity contribution is 0.258. The topological polar surface area (TPSA) is 67.2 Å². The number of hydrogen-bond donors (Lipinski definition) is 1. The number of halogens is 1. The molecule has 1 atom stereocenters. The van der Waals surface area contributed by atoms with Crippen molar-refractivity contribution in [1.82, 2.24) is 19.2 Å². The second-order valence-electron chi connectivity index (χ2n) is 5.59. The van der Waals surface area contributed by atoms with Crippen molar-refractivity contribution in [2.45, 2.75) is 17.9 Å². The molecule has 3 rings (SSSR count). The summed E-state index contributed by atoms with van der Waals surface area (Å²) in [4.78, 5) is 4.58. The zero-order valence-corrected chi connectivity index (χ0v) is 14.6. The van der Waals surface area contributed by atoms with Crippen molar-refractivity contribution in [2.75, 3.05) is 19.6 Å². The molecule has 0 aliphatic carbocycles. The van der Waals surface area contributed by atoms with E-state index in [1.54, 1.807) is 31.3 Å². The van der Waals surface area contributed by atoms with E-state index in [1.165, 1.54) is 4.31 Å². The number of piperazine rings is 1. The van der Waals surface area contributed by atoms with Gasteiger partial charge in [0, 0.05) is 44.1 Å². The molecule has 1 aliphatic heterocycles. The molecule has 0 spiro atoms. The average Bonchev–Trinajstić information content (AvgIpc) is 2.96. The van der Waals surface area contributed by atoms with E-state index in [0.29, 0.717) is 30.2 Å². The summed E-state index contributed by atoms with van der Waals surface area (Å²) in [6.45, 7) is 3.27. The van der Waals surface area contributed by atoms with Crippen molar-refractivity contribution >= 4 is 21.6 Å². The number of nitrogens with zero attached hydrogens (tertiary/aromatic N) is 3. The molecule has 0 bridgehead atoms. The van der Waals surface area contributed by atoms with Gasteiger partial charge >= 0.3 is 0 Å².